The number of carbonyl (C=O) groups excluding carboxylic acids is 1. The molecule has 152 valence electrons. The lowest BCUT2D eigenvalue weighted by Gasteiger charge is -2.10. The fourth-order valence-electron chi connectivity index (χ4n) is 2.70. The second kappa shape index (κ2) is 9.36. The molecule has 1 N–H and O–H groups in total. The number of aliphatic imine (C=N–C) groups is 1. The average Bonchev–Trinajstić information content (AvgIpc) is 2.73. The van der Waals surface area contributed by atoms with Crippen molar-refractivity contribution < 1.29 is 13.6 Å². The van der Waals surface area contributed by atoms with Crippen molar-refractivity contribution in [2.75, 3.05) is 12.4 Å². The number of nitrogens with zero attached hydrogens (tertiary/aromatic N) is 4. The van der Waals surface area contributed by atoms with E-state index in [1.807, 2.05) is 25.1 Å². The van der Waals surface area contributed by atoms with Gasteiger partial charge in [0.2, 0.25) is 0 Å². The van der Waals surface area contributed by atoms with Crippen molar-refractivity contribution in [3.63, 3.8) is 0 Å². The van der Waals surface area contributed by atoms with Crippen LogP contribution in [0.25, 0.3) is 11.3 Å². The maximum Gasteiger partial charge on any atom is 0.262 e. The largest absolute Gasteiger partial charge is 0.305 e. The fourth-order valence-corrected chi connectivity index (χ4v) is 3.22. The van der Waals surface area contributed by atoms with E-state index in [0.717, 1.165) is 34.1 Å². The third kappa shape index (κ3) is 4.57. The summed E-state index contributed by atoms with van der Waals surface area (Å²) >= 11 is 1.41. The van der Waals surface area contributed by atoms with Crippen LogP contribution >= 0.6 is 11.8 Å². The van der Waals surface area contributed by atoms with E-state index in [0.29, 0.717) is 5.69 Å². The highest BCUT2D eigenvalue weighted by atomic mass is 32.2. The minimum atomic E-state index is -1.06. The highest BCUT2D eigenvalue weighted by Crippen LogP contribution is 2.25. The Bertz CT molecular complexity index is 1110. The van der Waals surface area contributed by atoms with Crippen LogP contribution in [0.4, 0.5) is 14.6 Å². The Kier molecular flexibility index (Phi) is 6.63. The number of amides is 1. The summed E-state index contributed by atoms with van der Waals surface area (Å²) in [6, 6.07) is 5.85. The molecule has 0 fully saturated rings. The summed E-state index contributed by atoms with van der Waals surface area (Å²) < 4.78 is 27.4. The quantitative estimate of drug-likeness (QED) is 0.476. The summed E-state index contributed by atoms with van der Waals surface area (Å²) in [6.07, 6.45) is 4.33. The molecule has 2 heterocycles. The number of halogens is 2. The Balaban J connectivity index is 1.86. The lowest BCUT2D eigenvalue weighted by atomic mass is 10.0. The highest BCUT2D eigenvalue weighted by molar-refractivity contribution is 8.16. The van der Waals surface area contributed by atoms with Gasteiger partial charge in [0.25, 0.3) is 5.91 Å². The van der Waals surface area contributed by atoms with E-state index < -0.39 is 23.1 Å². The minimum absolute atomic E-state index is 0.0613. The number of aryl methyl sites for hydroxylation is 1. The van der Waals surface area contributed by atoms with Gasteiger partial charge in [-0.2, -0.15) is 0 Å². The molecule has 30 heavy (non-hydrogen) atoms. The van der Waals surface area contributed by atoms with Crippen molar-refractivity contribution in [3.8, 4) is 11.3 Å². The van der Waals surface area contributed by atoms with Gasteiger partial charge in [-0.3, -0.25) is 19.8 Å². The predicted octanol–water partition coefficient (Wildman–Crippen LogP) is 4.63. The second-order valence-electron chi connectivity index (χ2n) is 6.06. The zero-order valence-corrected chi connectivity index (χ0v) is 17.0. The number of benzene rings is 1. The molecule has 0 radical (unpaired) electrons. The number of anilines is 1. The summed E-state index contributed by atoms with van der Waals surface area (Å²) in [6.45, 7) is 5.65. The molecule has 0 unspecified atom stereocenters. The Labute approximate surface area is 176 Å². The number of aromatic nitrogens is 3. The molecule has 2 aromatic heterocycles. The van der Waals surface area contributed by atoms with E-state index in [1.165, 1.54) is 24.2 Å². The minimum Gasteiger partial charge on any atom is -0.305 e. The topological polar surface area (TPSA) is 80.1 Å². The maximum atomic E-state index is 13.7. The molecule has 0 aliphatic carbocycles. The van der Waals surface area contributed by atoms with Crippen LogP contribution in [0, 0.1) is 18.6 Å². The van der Waals surface area contributed by atoms with E-state index >= 15 is 0 Å². The molecule has 0 aliphatic heterocycles. The van der Waals surface area contributed by atoms with Gasteiger partial charge in [-0.05, 0) is 24.0 Å². The molecule has 3 rings (SSSR count). The van der Waals surface area contributed by atoms with Crippen LogP contribution in [0.1, 0.15) is 21.5 Å². The molecule has 3 aromatic rings. The Hall–Kier alpha value is -3.46. The van der Waals surface area contributed by atoms with Crippen molar-refractivity contribution >= 4 is 28.5 Å². The first-order valence-electron chi connectivity index (χ1n) is 8.72. The van der Waals surface area contributed by atoms with Gasteiger partial charge in [0, 0.05) is 18.2 Å². The van der Waals surface area contributed by atoms with Crippen LogP contribution in [0.3, 0.4) is 0 Å². The molecule has 0 aliphatic rings. The predicted molar refractivity (Wildman–Crippen MR) is 115 cm³/mol. The molecule has 0 spiro atoms. The normalized spacial score (nSPS) is 11.3. The molecular formula is C21H17F2N5OS. The molecule has 1 amide bonds. The van der Waals surface area contributed by atoms with Gasteiger partial charge in [-0.1, -0.05) is 30.5 Å². The van der Waals surface area contributed by atoms with E-state index in [4.69, 9.17) is 0 Å². The number of nitrogens with one attached hydrogen (secondary N) is 1. The summed E-state index contributed by atoms with van der Waals surface area (Å²) in [5, 5.41) is 4.85. The van der Waals surface area contributed by atoms with Gasteiger partial charge >= 0.3 is 0 Å². The maximum absolute atomic E-state index is 13.7. The van der Waals surface area contributed by atoms with Crippen LogP contribution in [0.15, 0.2) is 60.0 Å². The number of hydrogen-bond acceptors (Lipinski definition) is 6. The first kappa shape index (κ1) is 21.3. The van der Waals surface area contributed by atoms with E-state index in [-0.39, 0.29) is 5.82 Å². The van der Waals surface area contributed by atoms with Crippen molar-refractivity contribution in [3.05, 3.63) is 83.3 Å². The highest BCUT2D eigenvalue weighted by Gasteiger charge is 2.18. The van der Waals surface area contributed by atoms with Crippen molar-refractivity contribution in [2.45, 2.75) is 6.92 Å². The van der Waals surface area contributed by atoms with Crippen LogP contribution in [-0.4, -0.2) is 33.0 Å². The van der Waals surface area contributed by atoms with E-state index in [9.17, 15) is 13.6 Å². The van der Waals surface area contributed by atoms with Crippen LogP contribution in [0.2, 0.25) is 0 Å². The van der Waals surface area contributed by atoms with Crippen molar-refractivity contribution in [1.82, 2.24) is 15.0 Å². The smallest absolute Gasteiger partial charge is 0.262 e. The zero-order valence-electron chi connectivity index (χ0n) is 16.2. The van der Waals surface area contributed by atoms with Gasteiger partial charge in [-0.15, -0.1) is 0 Å². The Morgan fingerprint density at radius 2 is 1.90 bits per heavy atom. The second-order valence-corrected chi connectivity index (χ2v) is 7.02. The molecule has 0 atom stereocenters. The Morgan fingerprint density at radius 1 is 1.17 bits per heavy atom. The number of carbonyl (C=O) groups is 1. The molecule has 0 saturated heterocycles. The molecule has 9 heteroatoms. The van der Waals surface area contributed by atoms with E-state index in [2.05, 4.69) is 31.8 Å². The summed E-state index contributed by atoms with van der Waals surface area (Å²) in [4.78, 5) is 28.3. The van der Waals surface area contributed by atoms with Crippen LogP contribution < -0.4 is 5.32 Å². The summed E-state index contributed by atoms with van der Waals surface area (Å²) in [5.74, 6) is -3.03. The van der Waals surface area contributed by atoms with Gasteiger partial charge in [0.1, 0.15) is 10.6 Å². The number of rotatable bonds is 5. The Morgan fingerprint density at radius 3 is 2.50 bits per heavy atom. The van der Waals surface area contributed by atoms with Gasteiger partial charge in [0.15, 0.2) is 17.5 Å². The third-order valence-electron chi connectivity index (χ3n) is 4.13. The van der Waals surface area contributed by atoms with Crippen LogP contribution in [-0.2, 0) is 0 Å². The van der Waals surface area contributed by atoms with Gasteiger partial charge < -0.3 is 5.32 Å². The SMILES string of the molecule is C=CS/C(=N\C)c1ccc(C)c(-c2cnc(NC(=O)c3c(F)cncc3F)cn2)c1. The molecule has 0 bridgehead atoms. The summed E-state index contributed by atoms with van der Waals surface area (Å²) in [5.41, 5.74) is 2.57. The molecule has 6 nitrogen and oxygen atoms in total. The number of pyridine rings is 1. The molecule has 1 aromatic carbocycles. The number of hydrogen-bond donors (Lipinski definition) is 1. The van der Waals surface area contributed by atoms with Gasteiger partial charge in [-0.25, -0.2) is 13.8 Å². The van der Waals surface area contributed by atoms with E-state index in [1.54, 1.807) is 12.5 Å². The first-order chi connectivity index (χ1) is 14.4. The number of thioether (sulfide) groups is 1. The molecular weight excluding hydrogens is 408 g/mol. The fraction of sp³-hybridized carbons (Fsp3) is 0.0952. The first-order valence-corrected chi connectivity index (χ1v) is 9.60. The monoisotopic (exact) mass is 425 g/mol. The average molecular weight is 425 g/mol. The van der Waals surface area contributed by atoms with Gasteiger partial charge in [0.05, 0.1) is 30.5 Å². The van der Waals surface area contributed by atoms with Crippen molar-refractivity contribution in [1.29, 1.82) is 0 Å². The molecule has 0 saturated carbocycles. The lowest BCUT2D eigenvalue weighted by molar-refractivity contribution is 0.101. The standard InChI is InChI=1S/C21H17F2N5OS/c1-4-30-21(24-3)13-6-5-12(2)14(7-13)17-10-27-18(11-26-17)28-20(29)19-15(22)8-25-9-16(19)23/h4-11H,1H2,2-3H3,(H,27,28,29)/b24-21-. The zero-order chi connectivity index (χ0) is 21.7. The lowest BCUT2D eigenvalue weighted by Crippen LogP contribution is -2.17. The van der Waals surface area contributed by atoms with Crippen LogP contribution in [0.5, 0.6) is 0 Å². The summed E-state index contributed by atoms with van der Waals surface area (Å²) in [7, 11) is 1.71. The third-order valence-corrected chi connectivity index (χ3v) is 4.94. The van der Waals surface area contributed by atoms with Crippen molar-refractivity contribution in [2.24, 2.45) is 4.99 Å².